The van der Waals surface area contributed by atoms with E-state index in [-0.39, 0.29) is 29.8 Å². The van der Waals surface area contributed by atoms with Crippen LogP contribution in [0.25, 0.3) is 6.08 Å². The molecule has 0 spiro atoms. The Bertz CT molecular complexity index is 1260. The summed E-state index contributed by atoms with van der Waals surface area (Å²) in [6.07, 6.45) is 1.49. The summed E-state index contributed by atoms with van der Waals surface area (Å²) >= 11 is 12.3. The predicted molar refractivity (Wildman–Crippen MR) is 113 cm³/mol. The number of hydrogen-bond acceptors (Lipinski definition) is 6. The highest BCUT2D eigenvalue weighted by Crippen LogP contribution is 2.37. The van der Waals surface area contributed by atoms with Gasteiger partial charge in [0.05, 0.1) is 11.1 Å². The van der Waals surface area contributed by atoms with Gasteiger partial charge in [-0.2, -0.15) is 0 Å². The van der Waals surface area contributed by atoms with E-state index in [1.165, 1.54) is 24.3 Å². The molecule has 8 heteroatoms. The molecule has 31 heavy (non-hydrogen) atoms. The molecule has 0 N–H and O–H groups in total. The van der Waals surface area contributed by atoms with Crippen molar-refractivity contribution in [2.45, 2.75) is 0 Å². The van der Waals surface area contributed by atoms with Crippen LogP contribution < -0.4 is 18.9 Å². The summed E-state index contributed by atoms with van der Waals surface area (Å²) in [5.41, 5.74) is 1.13. The largest absolute Gasteiger partial charge is 0.454 e. The molecule has 0 fully saturated rings. The number of fused-ring (bicyclic) bond motifs is 2. The summed E-state index contributed by atoms with van der Waals surface area (Å²) in [5, 5.41) is 0.788. The highest BCUT2D eigenvalue weighted by atomic mass is 35.5. The number of Topliss-reactive ketones (excluding diaryl/α,β-unsaturated/α-hetero) is 1. The number of esters is 1. The number of allylic oxidation sites excluding steroid dienone is 1. The van der Waals surface area contributed by atoms with Crippen LogP contribution in [-0.2, 0) is 0 Å². The Morgan fingerprint density at radius 3 is 2.52 bits per heavy atom. The lowest BCUT2D eigenvalue weighted by Crippen LogP contribution is -2.08. The number of ketones is 1. The van der Waals surface area contributed by atoms with Crippen LogP contribution in [0.2, 0.25) is 10.0 Å². The zero-order valence-corrected chi connectivity index (χ0v) is 17.2. The topological polar surface area (TPSA) is 71.1 Å². The van der Waals surface area contributed by atoms with Gasteiger partial charge in [-0.1, -0.05) is 29.3 Å². The second-order valence-corrected chi connectivity index (χ2v) is 7.51. The zero-order chi connectivity index (χ0) is 21.5. The Morgan fingerprint density at radius 2 is 1.71 bits per heavy atom. The number of carbonyl (C=O) groups is 2. The lowest BCUT2D eigenvalue weighted by Gasteiger charge is -2.06. The Morgan fingerprint density at radius 1 is 0.935 bits per heavy atom. The van der Waals surface area contributed by atoms with Crippen LogP contribution in [0, 0.1) is 0 Å². The minimum Gasteiger partial charge on any atom is -0.454 e. The Hall–Kier alpha value is -3.48. The van der Waals surface area contributed by atoms with Gasteiger partial charge in [-0.25, -0.2) is 4.79 Å². The molecule has 0 aliphatic carbocycles. The second-order valence-electron chi connectivity index (χ2n) is 6.69. The molecule has 0 unspecified atom stereocenters. The standard InChI is InChI=1S/C23H12Cl2O6/c24-16-2-1-3-17(25)15(16)10-21-22(26)14-6-5-13(9-19(14)31-21)30-23(27)12-4-7-18-20(8-12)29-11-28-18/h1-10H,11H2/b21-10-. The molecular formula is C23H12Cl2O6. The van der Waals surface area contributed by atoms with Crippen LogP contribution >= 0.6 is 23.2 Å². The van der Waals surface area contributed by atoms with Gasteiger partial charge in [0.2, 0.25) is 12.6 Å². The van der Waals surface area contributed by atoms with Gasteiger partial charge in [0.15, 0.2) is 17.3 Å². The lowest BCUT2D eigenvalue weighted by molar-refractivity contribution is 0.0734. The average Bonchev–Trinajstić information content (AvgIpc) is 3.34. The van der Waals surface area contributed by atoms with Crippen molar-refractivity contribution >= 4 is 41.0 Å². The highest BCUT2D eigenvalue weighted by molar-refractivity contribution is 6.37. The van der Waals surface area contributed by atoms with Crippen molar-refractivity contribution in [3.05, 3.63) is 87.1 Å². The van der Waals surface area contributed by atoms with Gasteiger partial charge in [0.25, 0.3) is 0 Å². The van der Waals surface area contributed by atoms with Crippen LogP contribution in [0.5, 0.6) is 23.0 Å². The summed E-state index contributed by atoms with van der Waals surface area (Å²) < 4.78 is 21.6. The van der Waals surface area contributed by atoms with Gasteiger partial charge < -0.3 is 18.9 Å². The van der Waals surface area contributed by atoms with E-state index in [0.29, 0.717) is 38.2 Å². The van der Waals surface area contributed by atoms with Crippen LogP contribution in [0.1, 0.15) is 26.3 Å². The van der Waals surface area contributed by atoms with Crippen molar-refractivity contribution < 1.29 is 28.5 Å². The fourth-order valence-electron chi connectivity index (χ4n) is 3.20. The van der Waals surface area contributed by atoms with E-state index in [2.05, 4.69) is 0 Å². The van der Waals surface area contributed by atoms with E-state index in [0.717, 1.165) is 0 Å². The van der Waals surface area contributed by atoms with E-state index >= 15 is 0 Å². The number of hydrogen-bond donors (Lipinski definition) is 0. The van der Waals surface area contributed by atoms with Crippen molar-refractivity contribution in [2.75, 3.05) is 6.79 Å². The molecule has 0 saturated carbocycles. The second kappa shape index (κ2) is 7.65. The Balaban J connectivity index is 1.38. The van der Waals surface area contributed by atoms with Crippen LogP contribution in [0.3, 0.4) is 0 Å². The first kappa shape index (κ1) is 19.5. The molecule has 5 rings (SSSR count). The van der Waals surface area contributed by atoms with Crippen LogP contribution in [0.15, 0.2) is 60.4 Å². The molecule has 6 nitrogen and oxygen atoms in total. The molecule has 0 bridgehead atoms. The van der Waals surface area contributed by atoms with Gasteiger partial charge in [0, 0.05) is 21.7 Å². The maximum Gasteiger partial charge on any atom is 0.343 e. The normalized spacial score (nSPS) is 15.0. The molecule has 0 atom stereocenters. The molecule has 154 valence electrons. The fourth-order valence-corrected chi connectivity index (χ4v) is 3.71. The van der Waals surface area contributed by atoms with Crippen molar-refractivity contribution in [1.29, 1.82) is 0 Å². The van der Waals surface area contributed by atoms with Crippen LogP contribution in [0.4, 0.5) is 0 Å². The first-order valence-corrected chi connectivity index (χ1v) is 9.89. The lowest BCUT2D eigenvalue weighted by atomic mass is 10.1. The first-order valence-electron chi connectivity index (χ1n) is 9.14. The molecular weight excluding hydrogens is 443 g/mol. The number of halogens is 2. The number of ether oxygens (including phenoxy) is 4. The quantitative estimate of drug-likeness (QED) is 0.293. The fraction of sp³-hybridized carbons (Fsp3) is 0.0435. The summed E-state index contributed by atoms with van der Waals surface area (Å²) in [7, 11) is 0. The third-order valence-electron chi connectivity index (χ3n) is 4.74. The number of rotatable bonds is 3. The molecule has 0 amide bonds. The SMILES string of the molecule is O=C(Oc1ccc2c(c1)O/C(=C\c1c(Cl)cccc1Cl)C2=O)c1ccc2c(c1)OCO2. The zero-order valence-electron chi connectivity index (χ0n) is 15.7. The summed E-state index contributed by atoms with van der Waals surface area (Å²) in [4.78, 5) is 25.2. The van der Waals surface area contributed by atoms with Gasteiger partial charge in [-0.3, -0.25) is 4.79 Å². The molecule has 2 aliphatic rings. The first-order chi connectivity index (χ1) is 15.0. The van der Waals surface area contributed by atoms with Crippen molar-refractivity contribution in [3.63, 3.8) is 0 Å². The molecule has 0 aromatic heterocycles. The van der Waals surface area contributed by atoms with E-state index in [1.807, 2.05) is 0 Å². The van der Waals surface area contributed by atoms with Crippen molar-refractivity contribution in [1.82, 2.24) is 0 Å². The molecule has 3 aromatic carbocycles. The van der Waals surface area contributed by atoms with Crippen molar-refractivity contribution in [3.8, 4) is 23.0 Å². The van der Waals surface area contributed by atoms with E-state index in [1.54, 1.807) is 36.4 Å². The minimum atomic E-state index is -0.582. The van der Waals surface area contributed by atoms with Gasteiger partial charge >= 0.3 is 5.97 Å². The predicted octanol–water partition coefficient (Wildman–Crippen LogP) is 5.56. The Labute approximate surface area is 186 Å². The molecule has 0 radical (unpaired) electrons. The summed E-state index contributed by atoms with van der Waals surface area (Å²) in [5.74, 6) is 0.719. The monoisotopic (exact) mass is 454 g/mol. The van der Waals surface area contributed by atoms with Crippen LogP contribution in [-0.4, -0.2) is 18.5 Å². The smallest absolute Gasteiger partial charge is 0.343 e. The van der Waals surface area contributed by atoms with Crippen molar-refractivity contribution in [2.24, 2.45) is 0 Å². The van der Waals surface area contributed by atoms with E-state index in [4.69, 9.17) is 42.1 Å². The summed E-state index contributed by atoms with van der Waals surface area (Å²) in [6.45, 7) is 0.110. The molecule has 2 heterocycles. The van der Waals surface area contributed by atoms with Gasteiger partial charge in [0.1, 0.15) is 11.5 Å². The third kappa shape index (κ3) is 3.60. The molecule has 3 aromatic rings. The molecule has 2 aliphatic heterocycles. The Kier molecular flexibility index (Phi) is 4.81. The maximum atomic E-state index is 12.7. The van der Waals surface area contributed by atoms with Gasteiger partial charge in [-0.15, -0.1) is 0 Å². The number of benzene rings is 3. The van der Waals surface area contributed by atoms with E-state index in [9.17, 15) is 9.59 Å². The average molecular weight is 455 g/mol. The van der Waals surface area contributed by atoms with Gasteiger partial charge in [-0.05, 0) is 48.5 Å². The molecule has 0 saturated heterocycles. The number of carbonyl (C=O) groups excluding carboxylic acids is 2. The van der Waals surface area contributed by atoms with E-state index < -0.39 is 5.97 Å². The summed E-state index contributed by atoms with van der Waals surface area (Å²) in [6, 6.07) is 14.3. The minimum absolute atomic E-state index is 0.0734. The highest BCUT2D eigenvalue weighted by Gasteiger charge is 2.29. The maximum absolute atomic E-state index is 12.7. The third-order valence-corrected chi connectivity index (χ3v) is 5.39.